The van der Waals surface area contributed by atoms with Crippen LogP contribution in [0.1, 0.15) is 25.7 Å². The number of aromatic nitrogens is 3. The zero-order chi connectivity index (χ0) is 17.9. The van der Waals surface area contributed by atoms with Crippen molar-refractivity contribution in [3.8, 4) is 5.75 Å². The number of hydrogen-bond donors (Lipinski definition) is 0. The third kappa shape index (κ3) is 3.47. The molecule has 1 atom stereocenters. The van der Waals surface area contributed by atoms with E-state index in [0.29, 0.717) is 29.9 Å². The molecule has 0 spiro atoms. The molecular weight excluding hydrogens is 335 g/mol. The molecule has 7 heteroatoms. The molecule has 6 nitrogen and oxygen atoms in total. The number of piperidine rings is 1. The van der Waals surface area contributed by atoms with Crippen molar-refractivity contribution in [1.82, 2.24) is 15.0 Å². The number of oxazole rings is 1. The van der Waals surface area contributed by atoms with Crippen LogP contribution in [0.15, 0.2) is 35.0 Å². The van der Waals surface area contributed by atoms with Crippen LogP contribution < -0.4 is 9.64 Å². The predicted molar refractivity (Wildman–Crippen MR) is 95.8 cm³/mol. The molecule has 3 aromatic rings. The summed E-state index contributed by atoms with van der Waals surface area (Å²) in [7, 11) is 0. The number of halogens is 1. The van der Waals surface area contributed by atoms with Gasteiger partial charge in [0, 0.05) is 25.4 Å². The van der Waals surface area contributed by atoms with Crippen LogP contribution >= 0.6 is 0 Å². The first-order valence-corrected chi connectivity index (χ1v) is 8.96. The lowest BCUT2D eigenvalue weighted by atomic mass is 9.99. The van der Waals surface area contributed by atoms with E-state index in [1.54, 1.807) is 12.1 Å². The van der Waals surface area contributed by atoms with Gasteiger partial charge in [-0.1, -0.05) is 6.92 Å². The minimum atomic E-state index is -0.256. The van der Waals surface area contributed by atoms with E-state index in [-0.39, 0.29) is 5.82 Å². The largest absolute Gasteiger partial charge is 0.493 e. The summed E-state index contributed by atoms with van der Waals surface area (Å²) in [6, 6.07) is 6.14. The molecule has 1 saturated heterocycles. The zero-order valence-corrected chi connectivity index (χ0v) is 14.7. The van der Waals surface area contributed by atoms with Crippen molar-refractivity contribution in [3.05, 3.63) is 42.3 Å². The average Bonchev–Trinajstić information content (AvgIpc) is 3.11. The Hall–Kier alpha value is -2.70. The van der Waals surface area contributed by atoms with Crippen LogP contribution in [0.4, 0.5) is 10.2 Å². The van der Waals surface area contributed by atoms with Gasteiger partial charge in [0.1, 0.15) is 17.9 Å². The molecule has 136 valence electrons. The summed E-state index contributed by atoms with van der Waals surface area (Å²) in [6.45, 7) is 4.35. The van der Waals surface area contributed by atoms with E-state index in [4.69, 9.17) is 9.15 Å². The van der Waals surface area contributed by atoms with Gasteiger partial charge >= 0.3 is 0 Å². The first kappa shape index (κ1) is 16.8. The summed E-state index contributed by atoms with van der Waals surface area (Å²) in [5.41, 5.74) is 1.26. The van der Waals surface area contributed by atoms with Crippen molar-refractivity contribution < 1.29 is 13.5 Å². The standard InChI is InChI=1S/C19H21FN4O2/c1-2-16-23-17-18(21-12-22-19(17)26-16)24-9-3-4-13(10-24)11-25-15-7-5-14(20)6-8-15/h5-8,12-13H,2-4,9-11H2,1H3/t13-/m1/s1. The normalized spacial score (nSPS) is 17.6. The molecule has 1 aliphatic rings. The second-order valence-electron chi connectivity index (χ2n) is 6.53. The molecule has 0 N–H and O–H groups in total. The Bertz CT molecular complexity index is 881. The quantitative estimate of drug-likeness (QED) is 0.696. The second-order valence-corrected chi connectivity index (χ2v) is 6.53. The van der Waals surface area contributed by atoms with Gasteiger partial charge in [0.25, 0.3) is 5.71 Å². The van der Waals surface area contributed by atoms with E-state index < -0.39 is 0 Å². The van der Waals surface area contributed by atoms with Gasteiger partial charge in [-0.05, 0) is 37.1 Å². The summed E-state index contributed by atoms with van der Waals surface area (Å²) in [5, 5.41) is 0. The molecule has 26 heavy (non-hydrogen) atoms. The second kappa shape index (κ2) is 7.27. The SMILES string of the molecule is CCc1nc2c(N3CCC[C@@H](COc4ccc(F)cc4)C3)ncnc2o1. The molecule has 1 aliphatic heterocycles. The maximum Gasteiger partial charge on any atom is 0.252 e. The fourth-order valence-corrected chi connectivity index (χ4v) is 3.31. The monoisotopic (exact) mass is 356 g/mol. The van der Waals surface area contributed by atoms with Crippen LogP contribution in [0.5, 0.6) is 5.75 Å². The van der Waals surface area contributed by atoms with Gasteiger partial charge in [-0.25, -0.2) is 14.4 Å². The van der Waals surface area contributed by atoms with Crippen molar-refractivity contribution in [3.63, 3.8) is 0 Å². The molecule has 0 radical (unpaired) electrons. The lowest BCUT2D eigenvalue weighted by Gasteiger charge is -2.33. The summed E-state index contributed by atoms with van der Waals surface area (Å²) in [4.78, 5) is 15.4. The summed E-state index contributed by atoms with van der Waals surface area (Å²) >= 11 is 0. The van der Waals surface area contributed by atoms with Gasteiger partial charge in [-0.2, -0.15) is 4.98 Å². The van der Waals surface area contributed by atoms with Crippen molar-refractivity contribution in [2.75, 3.05) is 24.6 Å². The van der Waals surface area contributed by atoms with E-state index in [2.05, 4.69) is 19.9 Å². The van der Waals surface area contributed by atoms with Crippen LogP contribution in [0.3, 0.4) is 0 Å². The number of benzene rings is 1. The molecule has 0 unspecified atom stereocenters. The van der Waals surface area contributed by atoms with E-state index in [9.17, 15) is 4.39 Å². The van der Waals surface area contributed by atoms with Crippen LogP contribution in [0, 0.1) is 11.7 Å². The van der Waals surface area contributed by atoms with Gasteiger partial charge < -0.3 is 14.1 Å². The number of hydrogen-bond acceptors (Lipinski definition) is 6. The Labute approximate surface area is 151 Å². The summed E-state index contributed by atoms with van der Waals surface area (Å²) in [6.07, 6.45) is 4.40. The number of anilines is 1. The highest BCUT2D eigenvalue weighted by Gasteiger charge is 2.24. The van der Waals surface area contributed by atoms with Crippen molar-refractivity contribution in [2.24, 2.45) is 5.92 Å². The highest BCUT2D eigenvalue weighted by molar-refractivity contribution is 5.81. The summed E-state index contributed by atoms with van der Waals surface area (Å²) in [5.74, 6) is 2.31. The molecule has 0 bridgehead atoms. The van der Waals surface area contributed by atoms with Gasteiger partial charge in [0.05, 0.1) is 6.61 Å². The molecular formula is C19H21FN4O2. The van der Waals surface area contributed by atoms with Crippen LogP contribution in [-0.4, -0.2) is 34.6 Å². The number of aryl methyl sites for hydroxylation is 1. The molecule has 0 amide bonds. The van der Waals surface area contributed by atoms with Crippen LogP contribution in [0.25, 0.3) is 11.2 Å². The topological polar surface area (TPSA) is 64.3 Å². The van der Waals surface area contributed by atoms with Gasteiger partial charge in [-0.3, -0.25) is 0 Å². The molecule has 4 rings (SSSR count). The highest BCUT2D eigenvalue weighted by Crippen LogP contribution is 2.28. The molecule has 1 aromatic carbocycles. The smallest absolute Gasteiger partial charge is 0.252 e. The Kier molecular flexibility index (Phi) is 4.69. The van der Waals surface area contributed by atoms with Crippen LogP contribution in [0.2, 0.25) is 0 Å². The van der Waals surface area contributed by atoms with Crippen molar-refractivity contribution in [2.45, 2.75) is 26.2 Å². The average molecular weight is 356 g/mol. The fourth-order valence-electron chi connectivity index (χ4n) is 3.31. The third-order valence-electron chi connectivity index (χ3n) is 4.64. The van der Waals surface area contributed by atoms with E-state index in [0.717, 1.165) is 43.7 Å². The Morgan fingerprint density at radius 2 is 2.12 bits per heavy atom. The molecule has 2 aromatic heterocycles. The maximum absolute atomic E-state index is 13.0. The van der Waals surface area contributed by atoms with E-state index in [1.165, 1.54) is 18.5 Å². The van der Waals surface area contributed by atoms with E-state index in [1.807, 2.05) is 6.92 Å². The van der Waals surface area contributed by atoms with Gasteiger partial charge in [-0.15, -0.1) is 0 Å². The fraction of sp³-hybridized carbons (Fsp3) is 0.421. The molecule has 3 heterocycles. The number of nitrogens with zero attached hydrogens (tertiary/aromatic N) is 4. The van der Waals surface area contributed by atoms with Crippen molar-refractivity contribution >= 4 is 17.0 Å². The van der Waals surface area contributed by atoms with Crippen LogP contribution in [-0.2, 0) is 6.42 Å². The number of rotatable bonds is 5. The first-order valence-electron chi connectivity index (χ1n) is 8.96. The lowest BCUT2D eigenvalue weighted by molar-refractivity contribution is 0.228. The first-order chi connectivity index (χ1) is 12.7. The minimum Gasteiger partial charge on any atom is -0.493 e. The van der Waals surface area contributed by atoms with Crippen molar-refractivity contribution in [1.29, 1.82) is 0 Å². The van der Waals surface area contributed by atoms with Gasteiger partial charge in [0.2, 0.25) is 0 Å². The minimum absolute atomic E-state index is 0.256. The Morgan fingerprint density at radius 3 is 2.92 bits per heavy atom. The lowest BCUT2D eigenvalue weighted by Crippen LogP contribution is -2.38. The predicted octanol–water partition coefficient (Wildman–Crippen LogP) is 3.61. The van der Waals surface area contributed by atoms with Gasteiger partial charge in [0.15, 0.2) is 17.2 Å². The number of fused-ring (bicyclic) bond motifs is 1. The maximum atomic E-state index is 13.0. The highest BCUT2D eigenvalue weighted by atomic mass is 19.1. The molecule has 0 aliphatic carbocycles. The molecule has 0 saturated carbocycles. The zero-order valence-electron chi connectivity index (χ0n) is 14.7. The molecule has 1 fully saturated rings. The Morgan fingerprint density at radius 1 is 1.27 bits per heavy atom. The number of ether oxygens (including phenoxy) is 1. The third-order valence-corrected chi connectivity index (χ3v) is 4.64. The summed E-state index contributed by atoms with van der Waals surface area (Å²) < 4.78 is 24.5. The Balaban J connectivity index is 1.46. The van der Waals surface area contributed by atoms with E-state index >= 15 is 0 Å².